The van der Waals surface area contributed by atoms with Crippen LogP contribution in [0.1, 0.15) is 33.6 Å². The highest BCUT2D eigenvalue weighted by Gasteiger charge is 2.32. The summed E-state index contributed by atoms with van der Waals surface area (Å²) in [6.45, 7) is 0.892. The molecule has 5 rings (SSSR count). The summed E-state index contributed by atoms with van der Waals surface area (Å²) >= 11 is 0. The van der Waals surface area contributed by atoms with E-state index < -0.39 is 12.1 Å². The van der Waals surface area contributed by atoms with Crippen LogP contribution in [0.4, 0.5) is 4.79 Å². The fourth-order valence-electron chi connectivity index (χ4n) is 4.31. The summed E-state index contributed by atoms with van der Waals surface area (Å²) in [6.07, 6.45) is 0.733. The Morgan fingerprint density at radius 3 is 2.34 bits per heavy atom. The van der Waals surface area contributed by atoms with Gasteiger partial charge in [0.15, 0.2) is 5.69 Å². The summed E-state index contributed by atoms with van der Waals surface area (Å²) in [4.78, 5) is 36.7. The number of ether oxygens (including phenoxy) is 1. The number of carbonyl (C=O) groups excluding carboxylic acids is 2. The number of carbonyl (C=O) groups is 3. The number of aromatic nitrogens is 3. The Hall–Kier alpha value is -4.65. The van der Waals surface area contributed by atoms with Gasteiger partial charge in [-0.05, 0) is 28.2 Å². The fraction of sp³-hybridized carbons (Fsp3) is 0.240. The van der Waals surface area contributed by atoms with E-state index in [0.29, 0.717) is 13.1 Å². The second kappa shape index (κ2) is 9.30. The zero-order valence-electron chi connectivity index (χ0n) is 18.5. The number of amides is 2. The normalized spacial score (nSPS) is 14.2. The number of fused-ring (bicyclic) bond motifs is 3. The maximum Gasteiger partial charge on any atom is 0.407 e. The molecule has 1 aromatic heterocycles. The van der Waals surface area contributed by atoms with Crippen LogP contribution in [0.2, 0.25) is 0 Å². The van der Waals surface area contributed by atoms with E-state index in [1.165, 1.54) is 15.8 Å². The van der Waals surface area contributed by atoms with Crippen LogP contribution in [-0.2, 0) is 9.53 Å². The van der Waals surface area contributed by atoms with Crippen molar-refractivity contribution in [3.63, 3.8) is 0 Å². The molecule has 176 valence electrons. The van der Waals surface area contributed by atoms with Gasteiger partial charge in [-0.1, -0.05) is 59.7 Å². The van der Waals surface area contributed by atoms with Crippen LogP contribution < -0.4 is 5.32 Å². The molecular formula is C25H21N5O5. The van der Waals surface area contributed by atoms with Crippen molar-refractivity contribution in [3.8, 4) is 23.0 Å². The first-order valence-electron chi connectivity index (χ1n) is 11.0. The fourth-order valence-corrected chi connectivity index (χ4v) is 4.31. The van der Waals surface area contributed by atoms with Gasteiger partial charge in [0.2, 0.25) is 0 Å². The third kappa shape index (κ3) is 4.44. The van der Waals surface area contributed by atoms with Crippen molar-refractivity contribution < 1.29 is 24.2 Å². The maximum atomic E-state index is 12.2. The minimum absolute atomic E-state index is 0.0231. The topological polar surface area (TPSA) is 127 Å². The average Bonchev–Trinajstić information content (AvgIpc) is 3.43. The highest BCUT2D eigenvalue weighted by Crippen LogP contribution is 2.44. The summed E-state index contributed by atoms with van der Waals surface area (Å²) in [5.74, 6) is 3.55. The summed E-state index contributed by atoms with van der Waals surface area (Å²) in [7, 11) is 0. The highest BCUT2D eigenvalue weighted by atomic mass is 16.5. The maximum absolute atomic E-state index is 12.2. The van der Waals surface area contributed by atoms with E-state index >= 15 is 0 Å². The van der Waals surface area contributed by atoms with Gasteiger partial charge >= 0.3 is 12.1 Å². The smallest absolute Gasteiger partial charge is 0.407 e. The van der Waals surface area contributed by atoms with E-state index in [2.05, 4.69) is 39.6 Å². The number of carboxylic acid groups (broad SMARTS) is 1. The zero-order valence-corrected chi connectivity index (χ0v) is 18.5. The van der Waals surface area contributed by atoms with Gasteiger partial charge in [-0.15, -0.1) is 5.10 Å². The zero-order chi connectivity index (χ0) is 24.4. The van der Waals surface area contributed by atoms with Crippen LogP contribution in [0.15, 0.2) is 54.7 Å². The van der Waals surface area contributed by atoms with Crippen LogP contribution in [0.25, 0.3) is 11.1 Å². The van der Waals surface area contributed by atoms with Crippen LogP contribution in [0.3, 0.4) is 0 Å². The van der Waals surface area contributed by atoms with Gasteiger partial charge in [0.1, 0.15) is 6.61 Å². The third-order valence-corrected chi connectivity index (χ3v) is 6.11. The number of carboxylic acids is 1. The van der Waals surface area contributed by atoms with Gasteiger partial charge in [0.05, 0.1) is 18.8 Å². The molecule has 1 aliphatic carbocycles. The molecular weight excluding hydrogens is 450 g/mol. The first-order valence-corrected chi connectivity index (χ1v) is 11.0. The van der Waals surface area contributed by atoms with Crippen molar-refractivity contribution in [2.75, 3.05) is 26.2 Å². The number of nitrogens with zero attached hydrogens (tertiary/aromatic N) is 4. The first kappa shape index (κ1) is 22.2. The molecule has 0 radical (unpaired) electrons. The molecule has 10 heteroatoms. The Morgan fingerprint density at radius 1 is 1.06 bits per heavy atom. The summed E-state index contributed by atoms with van der Waals surface area (Å²) in [5.41, 5.74) is 4.42. The molecule has 1 aliphatic heterocycles. The van der Waals surface area contributed by atoms with Crippen molar-refractivity contribution in [3.05, 3.63) is 71.5 Å². The van der Waals surface area contributed by atoms with Gasteiger partial charge in [-0.25, -0.2) is 14.3 Å². The minimum atomic E-state index is -1.15. The van der Waals surface area contributed by atoms with Crippen molar-refractivity contribution in [1.82, 2.24) is 25.2 Å². The summed E-state index contributed by atoms with van der Waals surface area (Å²) in [6, 6.07) is 16.0. The monoisotopic (exact) mass is 471 g/mol. The van der Waals surface area contributed by atoms with Crippen LogP contribution >= 0.6 is 0 Å². The SMILES string of the molecule is O=C(NCC#CC(=O)N1CC(n2cc(C(=O)O)nn2)C1)OCC1c2ccccc2-c2ccccc21. The number of rotatable bonds is 5. The second-order valence-corrected chi connectivity index (χ2v) is 8.23. The third-order valence-electron chi connectivity index (χ3n) is 6.11. The summed E-state index contributed by atoms with van der Waals surface area (Å²) in [5, 5.41) is 18.8. The lowest BCUT2D eigenvalue weighted by Gasteiger charge is -2.37. The van der Waals surface area contributed by atoms with E-state index in [1.54, 1.807) is 0 Å². The first-order chi connectivity index (χ1) is 17.0. The Balaban J connectivity index is 1.07. The number of hydrogen-bond donors (Lipinski definition) is 2. The molecule has 10 nitrogen and oxygen atoms in total. The molecule has 0 saturated carbocycles. The lowest BCUT2D eigenvalue weighted by Crippen LogP contribution is -2.50. The van der Waals surface area contributed by atoms with E-state index in [4.69, 9.17) is 9.84 Å². The molecule has 35 heavy (non-hydrogen) atoms. The molecule has 0 spiro atoms. The Labute approximate surface area is 200 Å². The van der Waals surface area contributed by atoms with Gasteiger partial charge in [0, 0.05) is 19.0 Å². The molecule has 1 saturated heterocycles. The van der Waals surface area contributed by atoms with Crippen molar-refractivity contribution in [2.45, 2.75) is 12.0 Å². The number of benzene rings is 2. The van der Waals surface area contributed by atoms with Crippen molar-refractivity contribution >= 4 is 18.0 Å². The van der Waals surface area contributed by atoms with Crippen LogP contribution in [0.5, 0.6) is 0 Å². The predicted molar refractivity (Wildman–Crippen MR) is 123 cm³/mol. The van der Waals surface area contributed by atoms with Gasteiger partial charge in [0.25, 0.3) is 5.91 Å². The molecule has 2 aliphatic rings. The van der Waals surface area contributed by atoms with E-state index in [-0.39, 0.29) is 36.7 Å². The number of aromatic carboxylic acids is 1. The van der Waals surface area contributed by atoms with Crippen molar-refractivity contribution in [2.24, 2.45) is 0 Å². The lowest BCUT2D eigenvalue weighted by atomic mass is 9.98. The molecule has 2 N–H and O–H groups in total. The predicted octanol–water partition coefficient (Wildman–Crippen LogP) is 1.90. The second-order valence-electron chi connectivity index (χ2n) is 8.23. The van der Waals surface area contributed by atoms with Gasteiger partial charge in [-0.2, -0.15) is 0 Å². The molecule has 0 unspecified atom stereocenters. The van der Waals surface area contributed by atoms with E-state index in [0.717, 1.165) is 22.3 Å². The standard InChI is InChI=1S/C25H21N5O5/c31-23(29-12-16(13-29)30-14-22(24(32)33)27-28-30)10-5-11-26-25(34)35-15-21-19-8-3-1-6-17(19)18-7-2-4-9-20(18)21/h1-4,6-9,14,16,21H,11-13,15H2,(H,26,34)(H,32,33). The highest BCUT2D eigenvalue weighted by molar-refractivity contribution is 5.94. The molecule has 0 atom stereocenters. The molecule has 3 aromatic rings. The molecule has 2 aromatic carbocycles. The van der Waals surface area contributed by atoms with Gasteiger partial charge in [-0.3, -0.25) is 4.79 Å². The van der Waals surface area contributed by atoms with Crippen LogP contribution in [-0.4, -0.2) is 69.2 Å². The lowest BCUT2D eigenvalue weighted by molar-refractivity contribution is -0.130. The molecule has 2 heterocycles. The van der Waals surface area contributed by atoms with Gasteiger partial charge < -0.3 is 20.1 Å². The molecule has 2 amide bonds. The number of nitrogens with one attached hydrogen (secondary N) is 1. The van der Waals surface area contributed by atoms with E-state index in [9.17, 15) is 14.4 Å². The number of hydrogen-bond acceptors (Lipinski definition) is 6. The Bertz CT molecular complexity index is 1320. The van der Waals surface area contributed by atoms with E-state index in [1.807, 2.05) is 36.4 Å². The number of alkyl carbamates (subject to hydrolysis) is 1. The Morgan fingerprint density at radius 2 is 1.71 bits per heavy atom. The van der Waals surface area contributed by atoms with Crippen LogP contribution in [0, 0.1) is 11.8 Å². The molecule has 0 bridgehead atoms. The molecule has 1 fully saturated rings. The number of likely N-dealkylation sites (tertiary alicyclic amines) is 1. The average molecular weight is 471 g/mol. The van der Waals surface area contributed by atoms with Crippen molar-refractivity contribution in [1.29, 1.82) is 0 Å². The Kier molecular flexibility index (Phi) is 5.89. The summed E-state index contributed by atoms with van der Waals surface area (Å²) < 4.78 is 6.87. The minimum Gasteiger partial charge on any atom is -0.476 e. The largest absolute Gasteiger partial charge is 0.476 e. The quantitative estimate of drug-likeness (QED) is 0.544.